The fraction of sp³-hybridized carbons (Fsp3) is 0.333. The SMILES string of the molecule is CCCOC(=O)c1ccc(NC(=O)N2CCc3sccc3C2)cc1. The molecule has 24 heavy (non-hydrogen) atoms. The van der Waals surface area contributed by atoms with E-state index in [0.717, 1.165) is 19.4 Å². The van der Waals surface area contributed by atoms with E-state index in [1.165, 1.54) is 10.4 Å². The highest BCUT2D eigenvalue weighted by Crippen LogP contribution is 2.24. The lowest BCUT2D eigenvalue weighted by molar-refractivity contribution is 0.0505. The minimum Gasteiger partial charge on any atom is -0.462 e. The molecule has 5 nitrogen and oxygen atoms in total. The highest BCUT2D eigenvalue weighted by Gasteiger charge is 2.21. The van der Waals surface area contributed by atoms with Crippen LogP contribution in [0.1, 0.15) is 34.1 Å². The summed E-state index contributed by atoms with van der Waals surface area (Å²) in [4.78, 5) is 27.3. The van der Waals surface area contributed by atoms with Crippen LogP contribution in [0.5, 0.6) is 0 Å². The van der Waals surface area contributed by atoms with Crippen LogP contribution in [0, 0.1) is 0 Å². The van der Waals surface area contributed by atoms with E-state index in [4.69, 9.17) is 4.74 Å². The van der Waals surface area contributed by atoms with Crippen LogP contribution in [0.25, 0.3) is 0 Å². The normalized spacial score (nSPS) is 13.3. The number of benzene rings is 1. The molecule has 1 aliphatic heterocycles. The molecule has 0 saturated heterocycles. The predicted molar refractivity (Wildman–Crippen MR) is 94.5 cm³/mol. The predicted octanol–water partition coefficient (Wildman–Crippen LogP) is 3.91. The number of rotatable bonds is 4. The molecule has 0 atom stereocenters. The van der Waals surface area contributed by atoms with Crippen molar-refractivity contribution in [3.8, 4) is 0 Å². The van der Waals surface area contributed by atoms with Crippen molar-refractivity contribution in [2.45, 2.75) is 26.3 Å². The molecule has 6 heteroatoms. The van der Waals surface area contributed by atoms with Gasteiger partial charge in [0.1, 0.15) is 0 Å². The largest absolute Gasteiger partial charge is 0.462 e. The molecule has 1 aliphatic rings. The maximum Gasteiger partial charge on any atom is 0.338 e. The van der Waals surface area contributed by atoms with Gasteiger partial charge in [-0.2, -0.15) is 0 Å². The molecule has 0 bridgehead atoms. The number of esters is 1. The number of thiophene rings is 1. The van der Waals surface area contributed by atoms with Crippen LogP contribution in [0.3, 0.4) is 0 Å². The maximum atomic E-state index is 12.4. The van der Waals surface area contributed by atoms with Gasteiger partial charge in [0.15, 0.2) is 0 Å². The Hall–Kier alpha value is -2.34. The van der Waals surface area contributed by atoms with Crippen LogP contribution in [-0.4, -0.2) is 30.1 Å². The number of hydrogen-bond acceptors (Lipinski definition) is 4. The number of amides is 2. The van der Waals surface area contributed by atoms with Crippen molar-refractivity contribution in [2.24, 2.45) is 0 Å². The van der Waals surface area contributed by atoms with Crippen molar-refractivity contribution in [2.75, 3.05) is 18.5 Å². The van der Waals surface area contributed by atoms with E-state index in [1.54, 1.807) is 40.5 Å². The second-order valence-electron chi connectivity index (χ2n) is 5.68. The van der Waals surface area contributed by atoms with E-state index in [9.17, 15) is 9.59 Å². The Bertz CT molecular complexity index is 724. The van der Waals surface area contributed by atoms with Gasteiger partial charge in [-0.1, -0.05) is 6.92 Å². The molecular weight excluding hydrogens is 324 g/mol. The molecule has 0 radical (unpaired) electrons. The van der Waals surface area contributed by atoms with Crippen molar-refractivity contribution in [1.29, 1.82) is 0 Å². The number of urea groups is 1. The third kappa shape index (κ3) is 3.76. The summed E-state index contributed by atoms with van der Waals surface area (Å²) in [5.74, 6) is -0.337. The number of fused-ring (bicyclic) bond motifs is 1. The summed E-state index contributed by atoms with van der Waals surface area (Å²) in [6.45, 7) is 3.73. The second-order valence-corrected chi connectivity index (χ2v) is 6.68. The molecule has 1 aromatic carbocycles. The summed E-state index contributed by atoms with van der Waals surface area (Å²) >= 11 is 1.75. The Balaban J connectivity index is 1.58. The lowest BCUT2D eigenvalue weighted by Crippen LogP contribution is -2.38. The van der Waals surface area contributed by atoms with Crippen LogP contribution in [0.4, 0.5) is 10.5 Å². The molecule has 126 valence electrons. The summed E-state index contributed by atoms with van der Waals surface area (Å²) in [7, 11) is 0. The first-order valence-electron chi connectivity index (χ1n) is 8.05. The highest BCUT2D eigenvalue weighted by atomic mass is 32.1. The van der Waals surface area contributed by atoms with Crippen LogP contribution >= 0.6 is 11.3 Å². The Morgan fingerprint density at radius 1 is 1.25 bits per heavy atom. The van der Waals surface area contributed by atoms with E-state index in [0.29, 0.717) is 24.4 Å². The van der Waals surface area contributed by atoms with E-state index >= 15 is 0 Å². The van der Waals surface area contributed by atoms with Crippen molar-refractivity contribution in [3.63, 3.8) is 0 Å². The molecular formula is C18H20N2O3S. The molecule has 3 rings (SSSR count). The lowest BCUT2D eigenvalue weighted by atomic mass is 10.1. The lowest BCUT2D eigenvalue weighted by Gasteiger charge is -2.27. The van der Waals surface area contributed by atoms with Crippen molar-refractivity contribution in [1.82, 2.24) is 4.90 Å². The van der Waals surface area contributed by atoms with Gasteiger partial charge in [0.25, 0.3) is 0 Å². The average molecular weight is 344 g/mol. The monoisotopic (exact) mass is 344 g/mol. The van der Waals surface area contributed by atoms with Crippen LogP contribution in [0.2, 0.25) is 0 Å². The topological polar surface area (TPSA) is 58.6 Å². The Labute approximate surface area is 145 Å². The molecule has 0 spiro atoms. The summed E-state index contributed by atoms with van der Waals surface area (Å²) in [5, 5.41) is 4.95. The van der Waals surface area contributed by atoms with Crippen LogP contribution in [0.15, 0.2) is 35.7 Å². The number of nitrogens with one attached hydrogen (secondary N) is 1. The first kappa shape index (κ1) is 16.5. The molecule has 2 amide bonds. The molecule has 0 aliphatic carbocycles. The maximum absolute atomic E-state index is 12.4. The van der Waals surface area contributed by atoms with Gasteiger partial charge < -0.3 is 15.0 Å². The fourth-order valence-electron chi connectivity index (χ4n) is 2.59. The van der Waals surface area contributed by atoms with Gasteiger partial charge in [0, 0.05) is 23.7 Å². The molecule has 1 aromatic heterocycles. The minimum atomic E-state index is -0.337. The zero-order valence-corrected chi connectivity index (χ0v) is 14.4. The quantitative estimate of drug-likeness (QED) is 0.856. The Morgan fingerprint density at radius 3 is 2.79 bits per heavy atom. The molecule has 0 unspecified atom stereocenters. The number of hydrogen-bond donors (Lipinski definition) is 1. The van der Waals surface area contributed by atoms with Gasteiger partial charge in [-0.3, -0.25) is 0 Å². The molecule has 0 saturated carbocycles. The van der Waals surface area contributed by atoms with E-state index in [1.807, 2.05) is 6.92 Å². The van der Waals surface area contributed by atoms with Crippen LogP contribution in [-0.2, 0) is 17.7 Å². The standard InChI is InChI=1S/C18H20N2O3S/c1-2-10-23-17(21)13-3-5-15(6-4-13)19-18(22)20-9-7-16-14(12-20)8-11-24-16/h3-6,8,11H,2,7,9-10,12H2,1H3,(H,19,22). The third-order valence-corrected chi connectivity index (χ3v) is 4.93. The summed E-state index contributed by atoms with van der Waals surface area (Å²) < 4.78 is 5.09. The Kier molecular flexibility index (Phi) is 5.15. The van der Waals surface area contributed by atoms with E-state index < -0.39 is 0 Å². The van der Waals surface area contributed by atoms with Gasteiger partial charge >= 0.3 is 12.0 Å². The van der Waals surface area contributed by atoms with Crippen LogP contribution < -0.4 is 5.32 Å². The smallest absolute Gasteiger partial charge is 0.338 e. The molecule has 0 fully saturated rings. The van der Waals surface area contributed by atoms with E-state index in [-0.39, 0.29) is 12.0 Å². The third-order valence-electron chi connectivity index (χ3n) is 3.90. The number of carbonyl (C=O) groups is 2. The zero-order chi connectivity index (χ0) is 16.9. The molecule has 1 N–H and O–H groups in total. The fourth-order valence-corrected chi connectivity index (χ4v) is 3.48. The molecule has 2 aromatic rings. The summed E-state index contributed by atoms with van der Waals surface area (Å²) in [6.07, 6.45) is 1.70. The minimum absolute atomic E-state index is 0.117. The Morgan fingerprint density at radius 2 is 2.04 bits per heavy atom. The van der Waals surface area contributed by atoms with Gasteiger partial charge in [-0.25, -0.2) is 9.59 Å². The number of ether oxygens (including phenoxy) is 1. The zero-order valence-electron chi connectivity index (χ0n) is 13.6. The van der Waals surface area contributed by atoms with Crippen molar-refractivity contribution >= 4 is 29.0 Å². The highest BCUT2D eigenvalue weighted by molar-refractivity contribution is 7.10. The summed E-state index contributed by atoms with van der Waals surface area (Å²) in [6, 6.07) is 8.74. The van der Waals surface area contributed by atoms with Crippen molar-refractivity contribution in [3.05, 3.63) is 51.7 Å². The van der Waals surface area contributed by atoms with Crippen molar-refractivity contribution < 1.29 is 14.3 Å². The van der Waals surface area contributed by atoms with Gasteiger partial charge in [0.2, 0.25) is 0 Å². The second kappa shape index (κ2) is 7.49. The molecule has 2 heterocycles. The first-order valence-corrected chi connectivity index (χ1v) is 8.93. The number of carbonyl (C=O) groups excluding carboxylic acids is 2. The van der Waals surface area contributed by atoms with Gasteiger partial charge in [0.05, 0.1) is 12.2 Å². The van der Waals surface area contributed by atoms with E-state index in [2.05, 4.69) is 16.8 Å². The number of nitrogens with zero attached hydrogens (tertiary/aromatic N) is 1. The van der Waals surface area contributed by atoms with Gasteiger partial charge in [-0.15, -0.1) is 11.3 Å². The number of anilines is 1. The summed E-state index contributed by atoms with van der Waals surface area (Å²) in [5.41, 5.74) is 2.39. The average Bonchev–Trinajstić information content (AvgIpc) is 3.08. The first-order chi connectivity index (χ1) is 11.7. The van der Waals surface area contributed by atoms with Gasteiger partial charge in [-0.05, 0) is 54.1 Å².